The molecule has 0 heterocycles. The summed E-state index contributed by atoms with van der Waals surface area (Å²) in [5, 5.41) is 3.15. The third-order valence-electron chi connectivity index (χ3n) is 3.13. The summed E-state index contributed by atoms with van der Waals surface area (Å²) in [5.41, 5.74) is 0. The Morgan fingerprint density at radius 3 is 2.62 bits per heavy atom. The van der Waals surface area contributed by atoms with Gasteiger partial charge in [-0.2, -0.15) is 13.2 Å². The number of ether oxygens (including phenoxy) is 1. The molecule has 0 aromatic rings. The standard InChI is InChI=1S/C11H20F3NO/c1-9-3-2-4-10(9)7-15-5-6-16-8-11(12,13)14/h9-10,15H,2-8H2,1H3. The zero-order valence-corrected chi connectivity index (χ0v) is 9.65. The van der Waals surface area contributed by atoms with Gasteiger partial charge in [-0.3, -0.25) is 0 Å². The van der Waals surface area contributed by atoms with Crippen molar-refractivity contribution in [1.82, 2.24) is 5.32 Å². The molecule has 16 heavy (non-hydrogen) atoms. The van der Waals surface area contributed by atoms with E-state index in [9.17, 15) is 13.2 Å². The maximum Gasteiger partial charge on any atom is 0.411 e. The van der Waals surface area contributed by atoms with E-state index in [4.69, 9.17) is 0 Å². The lowest BCUT2D eigenvalue weighted by molar-refractivity contribution is -0.173. The summed E-state index contributed by atoms with van der Waals surface area (Å²) in [5.74, 6) is 1.42. The van der Waals surface area contributed by atoms with Crippen LogP contribution in [-0.4, -0.2) is 32.5 Å². The van der Waals surface area contributed by atoms with Gasteiger partial charge in [-0.25, -0.2) is 0 Å². The highest BCUT2D eigenvalue weighted by molar-refractivity contribution is 4.75. The Labute approximate surface area is 94.5 Å². The number of hydrogen-bond donors (Lipinski definition) is 1. The van der Waals surface area contributed by atoms with E-state index in [0.717, 1.165) is 12.5 Å². The second kappa shape index (κ2) is 6.45. The minimum Gasteiger partial charge on any atom is -0.371 e. The van der Waals surface area contributed by atoms with Gasteiger partial charge in [-0.1, -0.05) is 19.8 Å². The number of hydrogen-bond acceptors (Lipinski definition) is 2. The summed E-state index contributed by atoms with van der Waals surface area (Å²) in [6.07, 6.45) is -0.424. The zero-order chi connectivity index (χ0) is 12.0. The monoisotopic (exact) mass is 239 g/mol. The van der Waals surface area contributed by atoms with Crippen molar-refractivity contribution in [3.63, 3.8) is 0 Å². The van der Waals surface area contributed by atoms with Crippen molar-refractivity contribution in [2.45, 2.75) is 32.4 Å². The van der Waals surface area contributed by atoms with E-state index in [2.05, 4.69) is 17.0 Å². The molecule has 96 valence electrons. The molecule has 0 bridgehead atoms. The van der Waals surface area contributed by atoms with Gasteiger partial charge in [0.05, 0.1) is 6.61 Å². The molecule has 1 rings (SSSR count). The van der Waals surface area contributed by atoms with Gasteiger partial charge in [0.2, 0.25) is 0 Å². The molecule has 0 aromatic heterocycles. The zero-order valence-electron chi connectivity index (χ0n) is 9.65. The Kier molecular flexibility index (Phi) is 5.55. The Morgan fingerprint density at radius 2 is 2.06 bits per heavy atom. The fraction of sp³-hybridized carbons (Fsp3) is 1.00. The maximum atomic E-state index is 11.7. The molecular weight excluding hydrogens is 219 g/mol. The minimum absolute atomic E-state index is 0.126. The predicted octanol–water partition coefficient (Wildman–Crippen LogP) is 2.59. The molecule has 1 fully saturated rings. The summed E-state index contributed by atoms with van der Waals surface area (Å²) >= 11 is 0. The highest BCUT2D eigenvalue weighted by atomic mass is 19.4. The van der Waals surface area contributed by atoms with Crippen LogP contribution in [0.4, 0.5) is 13.2 Å². The summed E-state index contributed by atoms with van der Waals surface area (Å²) < 4.78 is 39.7. The number of alkyl halides is 3. The summed E-state index contributed by atoms with van der Waals surface area (Å²) in [6.45, 7) is 2.62. The maximum absolute atomic E-state index is 11.7. The molecule has 1 aliphatic rings. The first-order chi connectivity index (χ1) is 7.49. The number of rotatable bonds is 6. The van der Waals surface area contributed by atoms with E-state index < -0.39 is 12.8 Å². The van der Waals surface area contributed by atoms with E-state index in [1.54, 1.807) is 0 Å². The summed E-state index contributed by atoms with van der Waals surface area (Å²) in [6, 6.07) is 0. The molecule has 0 radical (unpaired) electrons. The molecule has 2 atom stereocenters. The van der Waals surface area contributed by atoms with Gasteiger partial charge in [-0.15, -0.1) is 0 Å². The van der Waals surface area contributed by atoms with Gasteiger partial charge in [0.15, 0.2) is 0 Å². The second-order valence-corrected chi connectivity index (χ2v) is 4.54. The quantitative estimate of drug-likeness (QED) is 0.719. The number of nitrogens with one attached hydrogen (secondary N) is 1. The second-order valence-electron chi connectivity index (χ2n) is 4.54. The molecule has 0 aromatic carbocycles. The molecule has 1 aliphatic carbocycles. The highest BCUT2D eigenvalue weighted by Gasteiger charge is 2.27. The van der Waals surface area contributed by atoms with Crippen LogP contribution in [0.25, 0.3) is 0 Å². The Morgan fingerprint density at radius 1 is 1.31 bits per heavy atom. The van der Waals surface area contributed by atoms with E-state index in [1.807, 2.05) is 0 Å². The molecule has 1 saturated carbocycles. The van der Waals surface area contributed by atoms with Gasteiger partial charge < -0.3 is 10.1 Å². The molecule has 0 spiro atoms. The minimum atomic E-state index is -4.21. The predicted molar refractivity (Wildman–Crippen MR) is 56.2 cm³/mol. The van der Waals surface area contributed by atoms with Gasteiger partial charge in [0.25, 0.3) is 0 Å². The lowest BCUT2D eigenvalue weighted by atomic mass is 9.98. The third kappa shape index (κ3) is 5.70. The van der Waals surface area contributed by atoms with Crippen LogP contribution in [0.2, 0.25) is 0 Å². The summed E-state index contributed by atoms with van der Waals surface area (Å²) in [4.78, 5) is 0. The molecule has 1 N–H and O–H groups in total. The van der Waals surface area contributed by atoms with Crippen molar-refractivity contribution in [3.05, 3.63) is 0 Å². The highest BCUT2D eigenvalue weighted by Crippen LogP contribution is 2.30. The van der Waals surface area contributed by atoms with Crippen molar-refractivity contribution in [1.29, 1.82) is 0 Å². The topological polar surface area (TPSA) is 21.3 Å². The molecular formula is C11H20F3NO. The van der Waals surface area contributed by atoms with Crippen molar-refractivity contribution in [2.24, 2.45) is 11.8 Å². The van der Waals surface area contributed by atoms with Crippen LogP contribution < -0.4 is 5.32 Å². The molecule has 0 amide bonds. The van der Waals surface area contributed by atoms with Crippen molar-refractivity contribution < 1.29 is 17.9 Å². The van der Waals surface area contributed by atoms with E-state index in [-0.39, 0.29) is 6.61 Å². The van der Waals surface area contributed by atoms with Crippen LogP contribution in [0.5, 0.6) is 0 Å². The Hall–Kier alpha value is -0.290. The van der Waals surface area contributed by atoms with E-state index in [0.29, 0.717) is 12.5 Å². The van der Waals surface area contributed by atoms with E-state index in [1.165, 1.54) is 19.3 Å². The first kappa shape index (κ1) is 13.8. The van der Waals surface area contributed by atoms with Gasteiger partial charge in [-0.05, 0) is 24.8 Å². The summed E-state index contributed by atoms with van der Waals surface area (Å²) in [7, 11) is 0. The van der Waals surface area contributed by atoms with Crippen LogP contribution in [0, 0.1) is 11.8 Å². The Balaban J connectivity index is 1.92. The van der Waals surface area contributed by atoms with Gasteiger partial charge >= 0.3 is 6.18 Å². The van der Waals surface area contributed by atoms with Crippen LogP contribution in [0.15, 0.2) is 0 Å². The van der Waals surface area contributed by atoms with Gasteiger partial charge in [0.1, 0.15) is 6.61 Å². The smallest absolute Gasteiger partial charge is 0.371 e. The normalized spacial score (nSPS) is 26.2. The van der Waals surface area contributed by atoms with Crippen LogP contribution in [0.1, 0.15) is 26.2 Å². The number of halogens is 3. The molecule has 2 unspecified atom stereocenters. The van der Waals surface area contributed by atoms with Crippen LogP contribution in [0.3, 0.4) is 0 Å². The lowest BCUT2D eigenvalue weighted by Crippen LogP contribution is -2.28. The first-order valence-corrected chi connectivity index (χ1v) is 5.84. The third-order valence-corrected chi connectivity index (χ3v) is 3.13. The molecule has 0 aliphatic heterocycles. The molecule has 2 nitrogen and oxygen atoms in total. The Bertz CT molecular complexity index is 196. The first-order valence-electron chi connectivity index (χ1n) is 5.84. The fourth-order valence-electron chi connectivity index (χ4n) is 2.15. The average molecular weight is 239 g/mol. The fourth-order valence-corrected chi connectivity index (χ4v) is 2.15. The van der Waals surface area contributed by atoms with Crippen LogP contribution in [-0.2, 0) is 4.74 Å². The van der Waals surface area contributed by atoms with Crippen molar-refractivity contribution >= 4 is 0 Å². The average Bonchev–Trinajstić information content (AvgIpc) is 2.56. The van der Waals surface area contributed by atoms with Crippen molar-refractivity contribution in [2.75, 3.05) is 26.3 Å². The largest absolute Gasteiger partial charge is 0.411 e. The molecule has 5 heteroatoms. The SMILES string of the molecule is CC1CCCC1CNCCOCC(F)(F)F. The van der Waals surface area contributed by atoms with Crippen molar-refractivity contribution in [3.8, 4) is 0 Å². The van der Waals surface area contributed by atoms with Gasteiger partial charge in [0, 0.05) is 6.54 Å². The lowest BCUT2D eigenvalue weighted by Gasteiger charge is -2.16. The van der Waals surface area contributed by atoms with Crippen LogP contribution >= 0.6 is 0 Å². The van der Waals surface area contributed by atoms with E-state index >= 15 is 0 Å². The molecule has 0 saturated heterocycles.